The molecule has 0 spiro atoms. The fourth-order valence-corrected chi connectivity index (χ4v) is 4.36. The van der Waals surface area contributed by atoms with Gasteiger partial charge in [0.05, 0.1) is 18.7 Å². The number of ether oxygens (including phenoxy) is 1. The molecule has 3 aromatic rings. The lowest BCUT2D eigenvalue weighted by molar-refractivity contribution is -0.132. The molecule has 0 aromatic heterocycles. The summed E-state index contributed by atoms with van der Waals surface area (Å²) in [6.07, 6.45) is 0.836. The molecule has 4 rings (SSSR count). The van der Waals surface area contributed by atoms with Gasteiger partial charge < -0.3 is 14.9 Å². The van der Waals surface area contributed by atoms with Crippen molar-refractivity contribution in [1.82, 2.24) is 0 Å². The predicted octanol–water partition coefficient (Wildman–Crippen LogP) is 5.71. The van der Waals surface area contributed by atoms with E-state index in [2.05, 4.69) is 13.8 Å². The second kappa shape index (κ2) is 9.66. The first-order chi connectivity index (χ1) is 16.8. The number of aliphatic hydroxyl groups is 1. The lowest BCUT2D eigenvalue weighted by Crippen LogP contribution is -2.29. The van der Waals surface area contributed by atoms with Gasteiger partial charge in [-0.3, -0.25) is 14.5 Å². The highest BCUT2D eigenvalue weighted by molar-refractivity contribution is 6.51. The van der Waals surface area contributed by atoms with Crippen LogP contribution in [0.3, 0.4) is 0 Å². The number of anilines is 1. The van der Waals surface area contributed by atoms with Gasteiger partial charge in [0.15, 0.2) is 11.5 Å². The molecule has 3 aromatic carbocycles. The van der Waals surface area contributed by atoms with E-state index >= 15 is 0 Å². The van der Waals surface area contributed by atoms with Gasteiger partial charge in [0.2, 0.25) is 0 Å². The Bertz CT molecular complexity index is 1290. The molecule has 6 nitrogen and oxygen atoms in total. The molecule has 1 aliphatic heterocycles. The van der Waals surface area contributed by atoms with Gasteiger partial charge in [-0.25, -0.2) is 0 Å². The molecule has 1 aliphatic rings. The van der Waals surface area contributed by atoms with Gasteiger partial charge in [0, 0.05) is 11.3 Å². The zero-order valence-corrected chi connectivity index (χ0v) is 20.3. The molecule has 1 saturated heterocycles. The van der Waals surface area contributed by atoms with E-state index in [1.807, 2.05) is 31.2 Å². The van der Waals surface area contributed by atoms with Crippen LogP contribution in [0.25, 0.3) is 5.76 Å². The Kier molecular flexibility index (Phi) is 6.65. The molecular formula is C29H29NO5. The van der Waals surface area contributed by atoms with E-state index in [0.29, 0.717) is 22.7 Å². The van der Waals surface area contributed by atoms with Crippen LogP contribution >= 0.6 is 0 Å². The quantitative estimate of drug-likeness (QED) is 0.273. The molecule has 0 bridgehead atoms. The second-order valence-corrected chi connectivity index (χ2v) is 8.90. The minimum absolute atomic E-state index is 0.0308. The Morgan fingerprint density at radius 2 is 1.66 bits per heavy atom. The molecule has 1 heterocycles. The number of methoxy groups -OCH3 is 1. The Hall–Kier alpha value is -4.06. The number of carbonyl (C=O) groups excluding carboxylic acids is 2. The van der Waals surface area contributed by atoms with Crippen molar-refractivity contribution in [3.63, 3.8) is 0 Å². The van der Waals surface area contributed by atoms with E-state index in [9.17, 15) is 19.8 Å². The zero-order chi connectivity index (χ0) is 25.3. The van der Waals surface area contributed by atoms with Gasteiger partial charge in [0.1, 0.15) is 5.76 Å². The summed E-state index contributed by atoms with van der Waals surface area (Å²) < 4.78 is 5.16. The number of rotatable bonds is 6. The third kappa shape index (κ3) is 4.39. The highest BCUT2D eigenvalue weighted by atomic mass is 16.5. The van der Waals surface area contributed by atoms with Gasteiger partial charge in [-0.1, -0.05) is 63.2 Å². The van der Waals surface area contributed by atoms with Crippen molar-refractivity contribution in [1.29, 1.82) is 0 Å². The topological polar surface area (TPSA) is 87.1 Å². The normalized spacial score (nSPS) is 17.3. The van der Waals surface area contributed by atoms with E-state index in [1.54, 1.807) is 36.4 Å². The maximum Gasteiger partial charge on any atom is 0.300 e. The zero-order valence-electron chi connectivity index (χ0n) is 20.3. The molecule has 35 heavy (non-hydrogen) atoms. The van der Waals surface area contributed by atoms with Crippen LogP contribution in [-0.4, -0.2) is 29.0 Å². The van der Waals surface area contributed by atoms with E-state index in [1.165, 1.54) is 18.1 Å². The fraction of sp³-hybridized carbons (Fsp3) is 0.241. The van der Waals surface area contributed by atoms with Crippen molar-refractivity contribution in [2.75, 3.05) is 12.0 Å². The van der Waals surface area contributed by atoms with Crippen LogP contribution in [0.5, 0.6) is 11.5 Å². The molecule has 0 saturated carbocycles. The summed E-state index contributed by atoms with van der Waals surface area (Å²) in [4.78, 5) is 28.0. The van der Waals surface area contributed by atoms with Crippen LogP contribution in [0.4, 0.5) is 5.69 Å². The monoisotopic (exact) mass is 471 g/mol. The second-order valence-electron chi connectivity index (χ2n) is 8.90. The molecule has 2 N–H and O–H groups in total. The van der Waals surface area contributed by atoms with Crippen LogP contribution in [0.1, 0.15) is 55.0 Å². The number of ketones is 1. The molecule has 0 aliphatic carbocycles. The first-order valence-corrected chi connectivity index (χ1v) is 11.6. The number of hydrogen-bond donors (Lipinski definition) is 2. The average Bonchev–Trinajstić information content (AvgIpc) is 3.13. The van der Waals surface area contributed by atoms with Crippen molar-refractivity contribution in [3.8, 4) is 11.5 Å². The number of nitrogens with zero attached hydrogens (tertiary/aromatic N) is 1. The van der Waals surface area contributed by atoms with E-state index in [4.69, 9.17) is 4.74 Å². The van der Waals surface area contributed by atoms with Crippen molar-refractivity contribution >= 4 is 23.1 Å². The average molecular weight is 472 g/mol. The lowest BCUT2D eigenvalue weighted by atomic mass is 9.94. The number of aryl methyl sites for hydroxylation is 1. The molecule has 1 atom stereocenters. The fourth-order valence-electron chi connectivity index (χ4n) is 4.36. The SMILES string of the molecule is CCc1ccc(/C(O)=C2/C(=O)C(=O)N(c3ccc(C(C)C)cc3)C2c2ccc(OC)c(O)c2)cc1. The number of hydrogen-bond acceptors (Lipinski definition) is 5. The number of phenols is 1. The van der Waals surface area contributed by atoms with Crippen molar-refractivity contribution < 1.29 is 24.5 Å². The predicted molar refractivity (Wildman–Crippen MR) is 136 cm³/mol. The van der Waals surface area contributed by atoms with E-state index in [-0.39, 0.29) is 22.8 Å². The molecule has 6 heteroatoms. The lowest BCUT2D eigenvalue weighted by Gasteiger charge is -2.26. The molecule has 1 amide bonds. The molecular weight excluding hydrogens is 442 g/mol. The Morgan fingerprint density at radius 3 is 2.20 bits per heavy atom. The van der Waals surface area contributed by atoms with Gasteiger partial charge >= 0.3 is 0 Å². The summed E-state index contributed by atoms with van der Waals surface area (Å²) in [7, 11) is 1.44. The summed E-state index contributed by atoms with van der Waals surface area (Å²) >= 11 is 0. The minimum atomic E-state index is -0.928. The number of carbonyl (C=O) groups is 2. The number of aliphatic hydroxyl groups excluding tert-OH is 1. The smallest absolute Gasteiger partial charge is 0.300 e. The van der Waals surface area contributed by atoms with Gasteiger partial charge in [-0.2, -0.15) is 0 Å². The van der Waals surface area contributed by atoms with Crippen molar-refractivity contribution in [2.45, 2.75) is 39.2 Å². The van der Waals surface area contributed by atoms with Gasteiger partial charge in [0.25, 0.3) is 11.7 Å². The van der Waals surface area contributed by atoms with Crippen LogP contribution < -0.4 is 9.64 Å². The standard InChI is InChI=1S/C29H29NO5/c1-5-18-6-8-20(9-7-18)27(32)25-26(21-12-15-24(35-4)23(31)16-21)30(29(34)28(25)33)22-13-10-19(11-14-22)17(2)3/h6-17,26,31-32H,5H2,1-4H3/b27-25-. The number of benzene rings is 3. The largest absolute Gasteiger partial charge is 0.507 e. The Balaban J connectivity index is 1.91. The van der Waals surface area contributed by atoms with Gasteiger partial charge in [-0.15, -0.1) is 0 Å². The third-order valence-electron chi connectivity index (χ3n) is 6.44. The van der Waals surface area contributed by atoms with Crippen LogP contribution in [0.15, 0.2) is 72.3 Å². The number of phenolic OH excluding ortho intramolecular Hbond substituents is 1. The summed E-state index contributed by atoms with van der Waals surface area (Å²) in [6.45, 7) is 6.18. The summed E-state index contributed by atoms with van der Waals surface area (Å²) in [5, 5.41) is 21.7. The first-order valence-electron chi connectivity index (χ1n) is 11.6. The van der Waals surface area contributed by atoms with Crippen molar-refractivity contribution in [2.24, 2.45) is 0 Å². The van der Waals surface area contributed by atoms with Crippen LogP contribution in [-0.2, 0) is 16.0 Å². The maximum atomic E-state index is 13.3. The summed E-state index contributed by atoms with van der Waals surface area (Å²) in [5.41, 5.74) is 3.60. The number of aromatic hydroxyl groups is 1. The third-order valence-corrected chi connectivity index (χ3v) is 6.44. The number of amides is 1. The highest BCUT2D eigenvalue weighted by Gasteiger charge is 2.47. The van der Waals surface area contributed by atoms with Crippen LogP contribution in [0.2, 0.25) is 0 Å². The highest BCUT2D eigenvalue weighted by Crippen LogP contribution is 2.44. The van der Waals surface area contributed by atoms with Crippen LogP contribution in [0, 0.1) is 0 Å². The molecule has 0 radical (unpaired) electrons. The minimum Gasteiger partial charge on any atom is -0.507 e. The van der Waals surface area contributed by atoms with E-state index < -0.39 is 17.7 Å². The molecule has 1 fully saturated rings. The van der Waals surface area contributed by atoms with Crippen molar-refractivity contribution in [3.05, 3.63) is 94.6 Å². The first kappa shape index (κ1) is 24.1. The molecule has 180 valence electrons. The summed E-state index contributed by atoms with van der Waals surface area (Å²) in [5.74, 6) is -1.34. The summed E-state index contributed by atoms with van der Waals surface area (Å²) in [6, 6.07) is 18.5. The number of Topliss-reactive ketones (excluding diaryl/α,β-unsaturated/α-hetero) is 1. The maximum absolute atomic E-state index is 13.3. The Labute approximate surface area is 205 Å². The van der Waals surface area contributed by atoms with E-state index in [0.717, 1.165) is 17.5 Å². The van der Waals surface area contributed by atoms with Gasteiger partial charge in [-0.05, 0) is 53.3 Å². The Morgan fingerprint density at radius 1 is 1.00 bits per heavy atom. The molecule has 1 unspecified atom stereocenters.